The standard InChI is InChI=1S/C10H15N3O3S/c11-10-4-3-9(7-12-10)17(15,16)13(5-6-14)8-1-2-8/h3-4,7-8,14H,1-2,5-6H2,(H2,11,12). The summed E-state index contributed by atoms with van der Waals surface area (Å²) >= 11 is 0. The summed E-state index contributed by atoms with van der Waals surface area (Å²) < 4.78 is 25.8. The minimum absolute atomic E-state index is 0.0182. The van der Waals surface area contributed by atoms with Crippen LogP contribution >= 0.6 is 0 Å². The molecule has 0 radical (unpaired) electrons. The Morgan fingerprint density at radius 2 is 2.18 bits per heavy atom. The third kappa shape index (κ3) is 2.56. The maximum atomic E-state index is 12.2. The van der Waals surface area contributed by atoms with Crippen molar-refractivity contribution in [2.75, 3.05) is 18.9 Å². The van der Waals surface area contributed by atoms with Gasteiger partial charge in [0.2, 0.25) is 10.0 Å². The monoisotopic (exact) mass is 257 g/mol. The van der Waals surface area contributed by atoms with Gasteiger partial charge in [0, 0.05) is 18.8 Å². The van der Waals surface area contributed by atoms with Crippen molar-refractivity contribution in [3.63, 3.8) is 0 Å². The van der Waals surface area contributed by atoms with E-state index >= 15 is 0 Å². The Labute approximate surface area is 100 Å². The van der Waals surface area contributed by atoms with E-state index < -0.39 is 10.0 Å². The van der Waals surface area contributed by atoms with E-state index in [1.807, 2.05) is 0 Å². The van der Waals surface area contributed by atoms with Crippen LogP contribution in [0.4, 0.5) is 5.82 Å². The molecule has 0 spiro atoms. The van der Waals surface area contributed by atoms with Gasteiger partial charge in [-0.05, 0) is 25.0 Å². The predicted octanol–water partition coefficient (Wildman–Crippen LogP) is -0.191. The molecule has 1 fully saturated rings. The van der Waals surface area contributed by atoms with Crippen LogP contribution < -0.4 is 5.73 Å². The number of nitrogen functional groups attached to an aromatic ring is 1. The van der Waals surface area contributed by atoms with E-state index in [0.717, 1.165) is 12.8 Å². The average Bonchev–Trinajstić information content (AvgIpc) is 3.10. The van der Waals surface area contributed by atoms with Gasteiger partial charge >= 0.3 is 0 Å². The van der Waals surface area contributed by atoms with E-state index in [4.69, 9.17) is 10.8 Å². The molecule has 0 bridgehead atoms. The molecule has 1 aliphatic carbocycles. The third-order valence-electron chi connectivity index (χ3n) is 2.64. The molecule has 3 N–H and O–H groups in total. The van der Waals surface area contributed by atoms with Crippen LogP contribution in [-0.4, -0.2) is 42.0 Å². The Hall–Kier alpha value is -1.18. The molecule has 0 amide bonds. The number of aliphatic hydroxyl groups is 1. The van der Waals surface area contributed by atoms with Crippen LogP contribution in [0.5, 0.6) is 0 Å². The maximum absolute atomic E-state index is 12.2. The van der Waals surface area contributed by atoms with E-state index in [0.29, 0.717) is 0 Å². The van der Waals surface area contributed by atoms with Crippen molar-refractivity contribution in [1.29, 1.82) is 0 Å². The summed E-state index contributed by atoms with van der Waals surface area (Å²) in [5.41, 5.74) is 5.42. The summed E-state index contributed by atoms with van der Waals surface area (Å²) in [4.78, 5) is 3.89. The summed E-state index contributed by atoms with van der Waals surface area (Å²) in [5.74, 6) is 0.282. The van der Waals surface area contributed by atoms with Crippen LogP contribution in [-0.2, 0) is 10.0 Å². The van der Waals surface area contributed by atoms with Crippen molar-refractivity contribution in [2.24, 2.45) is 0 Å². The fourth-order valence-electron chi connectivity index (χ4n) is 1.64. The normalized spacial score (nSPS) is 16.4. The molecule has 0 saturated heterocycles. The molecule has 0 aliphatic heterocycles. The molecular weight excluding hydrogens is 242 g/mol. The van der Waals surface area contributed by atoms with Crippen molar-refractivity contribution < 1.29 is 13.5 Å². The fraction of sp³-hybridized carbons (Fsp3) is 0.500. The van der Waals surface area contributed by atoms with Crippen molar-refractivity contribution in [2.45, 2.75) is 23.8 Å². The van der Waals surface area contributed by atoms with Gasteiger partial charge < -0.3 is 10.8 Å². The molecule has 7 heteroatoms. The van der Waals surface area contributed by atoms with Crippen LogP contribution in [0.1, 0.15) is 12.8 Å². The maximum Gasteiger partial charge on any atom is 0.244 e. The summed E-state index contributed by atoms with van der Waals surface area (Å²) in [7, 11) is -3.56. The van der Waals surface area contributed by atoms with Crippen LogP contribution in [0.15, 0.2) is 23.2 Å². The first kappa shape index (κ1) is 12.3. The third-order valence-corrected chi connectivity index (χ3v) is 4.58. The predicted molar refractivity (Wildman–Crippen MR) is 62.6 cm³/mol. The average molecular weight is 257 g/mol. The lowest BCUT2D eigenvalue weighted by molar-refractivity contribution is 0.250. The minimum atomic E-state index is -3.56. The van der Waals surface area contributed by atoms with Gasteiger partial charge in [-0.1, -0.05) is 0 Å². The number of rotatable bonds is 5. The SMILES string of the molecule is Nc1ccc(S(=O)(=O)N(CCO)C2CC2)cn1. The molecule has 1 saturated carbocycles. The smallest absolute Gasteiger partial charge is 0.244 e. The van der Waals surface area contributed by atoms with Crippen molar-refractivity contribution in [1.82, 2.24) is 9.29 Å². The van der Waals surface area contributed by atoms with Crippen LogP contribution in [0.25, 0.3) is 0 Å². The van der Waals surface area contributed by atoms with Crippen LogP contribution in [0, 0.1) is 0 Å². The molecule has 1 aromatic heterocycles. The van der Waals surface area contributed by atoms with Gasteiger partial charge in [-0.15, -0.1) is 0 Å². The number of sulfonamides is 1. The highest BCUT2D eigenvalue weighted by atomic mass is 32.2. The highest BCUT2D eigenvalue weighted by molar-refractivity contribution is 7.89. The number of pyridine rings is 1. The number of anilines is 1. The lowest BCUT2D eigenvalue weighted by atomic mass is 10.5. The molecule has 6 nitrogen and oxygen atoms in total. The number of hydrogen-bond acceptors (Lipinski definition) is 5. The van der Waals surface area contributed by atoms with E-state index in [-0.39, 0.29) is 29.9 Å². The van der Waals surface area contributed by atoms with Gasteiger partial charge in [0.15, 0.2) is 0 Å². The van der Waals surface area contributed by atoms with Gasteiger partial charge in [-0.3, -0.25) is 0 Å². The van der Waals surface area contributed by atoms with Crippen molar-refractivity contribution >= 4 is 15.8 Å². The summed E-state index contributed by atoms with van der Waals surface area (Å²) in [6.07, 6.45) is 2.95. The zero-order valence-electron chi connectivity index (χ0n) is 9.28. The lowest BCUT2D eigenvalue weighted by Crippen LogP contribution is -2.35. The number of nitrogens with zero attached hydrogens (tertiary/aromatic N) is 2. The number of hydrogen-bond donors (Lipinski definition) is 2. The Morgan fingerprint density at radius 3 is 2.65 bits per heavy atom. The molecule has 1 heterocycles. The van der Waals surface area contributed by atoms with Crippen LogP contribution in [0.2, 0.25) is 0 Å². The Balaban J connectivity index is 2.30. The van der Waals surface area contributed by atoms with E-state index in [2.05, 4.69) is 4.98 Å². The van der Waals surface area contributed by atoms with Gasteiger partial charge in [0.05, 0.1) is 6.61 Å². The Morgan fingerprint density at radius 1 is 1.47 bits per heavy atom. The Kier molecular flexibility index (Phi) is 3.32. The molecule has 0 unspecified atom stereocenters. The molecule has 1 aliphatic rings. The zero-order valence-corrected chi connectivity index (χ0v) is 10.1. The van der Waals surface area contributed by atoms with Gasteiger partial charge in [-0.25, -0.2) is 13.4 Å². The van der Waals surface area contributed by atoms with Crippen molar-refractivity contribution in [3.05, 3.63) is 18.3 Å². The first-order valence-electron chi connectivity index (χ1n) is 5.40. The molecule has 0 aromatic carbocycles. The topological polar surface area (TPSA) is 96.5 Å². The van der Waals surface area contributed by atoms with Gasteiger partial charge in [0.1, 0.15) is 10.7 Å². The first-order valence-corrected chi connectivity index (χ1v) is 6.84. The Bertz CT molecular complexity index is 482. The second-order valence-corrected chi connectivity index (χ2v) is 5.88. The quantitative estimate of drug-likeness (QED) is 0.762. The summed E-state index contributed by atoms with van der Waals surface area (Å²) in [5, 5.41) is 8.93. The van der Waals surface area contributed by atoms with E-state index in [1.165, 1.54) is 22.6 Å². The second-order valence-electron chi connectivity index (χ2n) is 3.99. The first-order chi connectivity index (χ1) is 8.05. The minimum Gasteiger partial charge on any atom is -0.395 e. The molecule has 0 atom stereocenters. The second kappa shape index (κ2) is 4.59. The molecule has 17 heavy (non-hydrogen) atoms. The number of aliphatic hydroxyl groups excluding tert-OH is 1. The summed E-state index contributed by atoms with van der Waals surface area (Å²) in [6, 6.07) is 2.91. The van der Waals surface area contributed by atoms with E-state index in [9.17, 15) is 8.42 Å². The zero-order chi connectivity index (χ0) is 12.5. The fourth-order valence-corrected chi connectivity index (χ4v) is 3.26. The summed E-state index contributed by atoms with van der Waals surface area (Å²) in [6.45, 7) is -0.0600. The largest absolute Gasteiger partial charge is 0.395 e. The van der Waals surface area contributed by atoms with Gasteiger partial charge in [-0.2, -0.15) is 4.31 Å². The number of nitrogens with two attached hydrogens (primary N) is 1. The lowest BCUT2D eigenvalue weighted by Gasteiger charge is -2.20. The molecule has 1 aromatic rings. The molecule has 94 valence electrons. The highest BCUT2D eigenvalue weighted by Crippen LogP contribution is 2.31. The molecule has 2 rings (SSSR count). The van der Waals surface area contributed by atoms with E-state index in [1.54, 1.807) is 0 Å². The van der Waals surface area contributed by atoms with Gasteiger partial charge in [0.25, 0.3) is 0 Å². The highest BCUT2D eigenvalue weighted by Gasteiger charge is 2.37. The van der Waals surface area contributed by atoms with Crippen molar-refractivity contribution in [3.8, 4) is 0 Å². The number of aromatic nitrogens is 1. The molecular formula is C10H15N3O3S. The van der Waals surface area contributed by atoms with Crippen LogP contribution in [0.3, 0.4) is 0 Å².